The monoisotopic (exact) mass is 191 g/mol. The molecule has 1 unspecified atom stereocenters. The Morgan fingerprint density at radius 2 is 2.17 bits per heavy atom. The van der Waals surface area contributed by atoms with E-state index >= 15 is 0 Å². The summed E-state index contributed by atoms with van der Waals surface area (Å²) < 4.78 is 5.18. The lowest BCUT2D eigenvalue weighted by Crippen LogP contribution is -2.41. The quantitative estimate of drug-likeness (QED) is 0.375. The fourth-order valence-corrected chi connectivity index (χ4v) is 1.57. The summed E-state index contributed by atoms with van der Waals surface area (Å²) in [4.78, 5) is 12.2. The molecule has 1 fully saturated rings. The second-order valence-electron chi connectivity index (χ2n) is 2.83. The Labute approximate surface area is 77.6 Å². The molecule has 3 nitrogen and oxygen atoms in total. The normalized spacial score (nSPS) is 22.1. The number of nitrogens with zero attached hydrogens (tertiary/aromatic N) is 1. The van der Waals surface area contributed by atoms with Crippen molar-refractivity contribution in [3.05, 3.63) is 0 Å². The number of carbonyl (C=O) groups excluding carboxylic acids is 1. The van der Waals surface area contributed by atoms with Crippen molar-refractivity contribution in [1.29, 1.82) is 0 Å². The van der Waals surface area contributed by atoms with Crippen molar-refractivity contribution in [3.63, 3.8) is 0 Å². The maximum Gasteiger partial charge on any atom is 0.120 e. The van der Waals surface area contributed by atoms with Crippen LogP contribution in [-0.2, 0) is 9.53 Å². The van der Waals surface area contributed by atoms with Crippen LogP contribution >= 0.6 is 11.6 Å². The molecule has 4 heteroatoms. The van der Waals surface area contributed by atoms with Crippen LogP contribution in [0.5, 0.6) is 0 Å². The number of hydrogen-bond acceptors (Lipinski definition) is 3. The van der Waals surface area contributed by atoms with E-state index < -0.39 is 0 Å². The van der Waals surface area contributed by atoms with Gasteiger partial charge in [-0.1, -0.05) is 0 Å². The number of rotatable bonds is 4. The van der Waals surface area contributed by atoms with Crippen molar-refractivity contribution in [2.45, 2.75) is 18.3 Å². The van der Waals surface area contributed by atoms with Gasteiger partial charge in [-0.25, -0.2) is 0 Å². The Bertz CT molecular complexity index is 137. The van der Waals surface area contributed by atoms with Crippen LogP contribution in [0.4, 0.5) is 0 Å². The first-order valence-corrected chi connectivity index (χ1v) is 4.67. The minimum absolute atomic E-state index is 0.000833. The van der Waals surface area contributed by atoms with Crippen LogP contribution in [0.25, 0.3) is 0 Å². The smallest absolute Gasteiger partial charge is 0.120 e. The van der Waals surface area contributed by atoms with Crippen LogP contribution in [0, 0.1) is 0 Å². The Morgan fingerprint density at radius 3 is 2.75 bits per heavy atom. The van der Waals surface area contributed by atoms with Gasteiger partial charge in [-0.05, 0) is 6.42 Å². The molecule has 0 aromatic rings. The van der Waals surface area contributed by atoms with Crippen molar-refractivity contribution < 1.29 is 9.53 Å². The summed E-state index contributed by atoms with van der Waals surface area (Å²) >= 11 is 6.05. The molecule has 0 aliphatic carbocycles. The van der Waals surface area contributed by atoms with Gasteiger partial charge in [0.05, 0.1) is 18.7 Å². The van der Waals surface area contributed by atoms with Gasteiger partial charge in [-0.3, -0.25) is 4.90 Å². The highest BCUT2D eigenvalue weighted by Crippen LogP contribution is 2.12. The predicted molar refractivity (Wildman–Crippen MR) is 47.3 cm³/mol. The van der Waals surface area contributed by atoms with E-state index in [1.54, 1.807) is 0 Å². The lowest BCUT2D eigenvalue weighted by molar-refractivity contribution is -0.108. The first kappa shape index (κ1) is 9.96. The molecule has 1 atom stereocenters. The van der Waals surface area contributed by atoms with Crippen molar-refractivity contribution >= 4 is 17.9 Å². The highest BCUT2D eigenvalue weighted by atomic mass is 35.5. The zero-order chi connectivity index (χ0) is 8.81. The first-order valence-electron chi connectivity index (χ1n) is 4.24. The molecule has 70 valence electrons. The van der Waals surface area contributed by atoms with Gasteiger partial charge in [0, 0.05) is 19.5 Å². The summed E-state index contributed by atoms with van der Waals surface area (Å²) in [6.07, 6.45) is 2.20. The van der Waals surface area contributed by atoms with Crippen molar-refractivity contribution in [1.82, 2.24) is 4.90 Å². The van der Waals surface area contributed by atoms with E-state index in [0.717, 1.165) is 39.0 Å². The predicted octanol–water partition coefficient (Wildman–Crippen LogP) is 0.863. The maximum atomic E-state index is 10.1. The molecule has 0 bridgehead atoms. The van der Waals surface area contributed by atoms with E-state index in [1.807, 2.05) is 0 Å². The molecule has 1 aliphatic rings. The lowest BCUT2D eigenvalue weighted by atomic mass is 10.3. The van der Waals surface area contributed by atoms with E-state index in [9.17, 15) is 4.79 Å². The summed E-state index contributed by atoms with van der Waals surface area (Å²) in [5, 5.41) is 0. The fraction of sp³-hybridized carbons (Fsp3) is 0.875. The molecular weight excluding hydrogens is 178 g/mol. The first-order chi connectivity index (χ1) is 5.84. The van der Waals surface area contributed by atoms with Crippen molar-refractivity contribution in [2.75, 3.05) is 26.3 Å². The molecule has 0 aromatic carbocycles. The highest BCUT2D eigenvalue weighted by molar-refractivity contribution is 6.20. The largest absolute Gasteiger partial charge is 0.379 e. The van der Waals surface area contributed by atoms with Gasteiger partial charge in [0.15, 0.2) is 0 Å². The second kappa shape index (κ2) is 5.51. The summed E-state index contributed by atoms with van der Waals surface area (Å²) in [6, 6.07) is 0. The Morgan fingerprint density at radius 1 is 1.50 bits per heavy atom. The van der Waals surface area contributed by atoms with Gasteiger partial charge in [0.25, 0.3) is 0 Å². The van der Waals surface area contributed by atoms with E-state index in [4.69, 9.17) is 16.3 Å². The molecule has 1 aliphatic heterocycles. The molecule has 1 rings (SSSR count). The van der Waals surface area contributed by atoms with Crippen LogP contribution < -0.4 is 0 Å². The minimum atomic E-state index is -0.000833. The number of carbonyl (C=O) groups is 1. The topological polar surface area (TPSA) is 29.5 Å². The number of halogens is 1. The average Bonchev–Trinajstić information content (AvgIpc) is 2.15. The summed E-state index contributed by atoms with van der Waals surface area (Å²) in [6.45, 7) is 3.27. The highest BCUT2D eigenvalue weighted by Gasteiger charge is 2.17. The summed E-state index contributed by atoms with van der Waals surface area (Å²) in [5.41, 5.74) is -0.000833. The van der Waals surface area contributed by atoms with Crippen LogP contribution in [0.1, 0.15) is 12.8 Å². The van der Waals surface area contributed by atoms with Crippen LogP contribution in [0.2, 0.25) is 0 Å². The van der Waals surface area contributed by atoms with E-state index in [1.165, 1.54) is 0 Å². The third-order valence-electron chi connectivity index (χ3n) is 1.96. The standard InChI is InChI=1S/C8H14ClNO2/c9-8(2-1-5-11)10-3-6-12-7-4-10/h5,8H,1-4,6-7H2. The van der Waals surface area contributed by atoms with Crippen LogP contribution in [-0.4, -0.2) is 43.0 Å². The fourth-order valence-electron chi connectivity index (χ4n) is 1.25. The Balaban J connectivity index is 2.19. The van der Waals surface area contributed by atoms with Gasteiger partial charge in [-0.15, -0.1) is 11.6 Å². The van der Waals surface area contributed by atoms with Crippen molar-refractivity contribution in [3.8, 4) is 0 Å². The molecule has 0 aromatic heterocycles. The zero-order valence-electron chi connectivity index (χ0n) is 7.04. The molecule has 1 heterocycles. The van der Waals surface area contributed by atoms with Gasteiger partial charge >= 0.3 is 0 Å². The number of morpholine rings is 1. The number of aldehydes is 1. The minimum Gasteiger partial charge on any atom is -0.379 e. The second-order valence-corrected chi connectivity index (χ2v) is 3.33. The van der Waals surface area contributed by atoms with E-state index in [2.05, 4.69) is 4.90 Å². The van der Waals surface area contributed by atoms with E-state index in [0.29, 0.717) is 6.42 Å². The molecular formula is C8H14ClNO2. The van der Waals surface area contributed by atoms with Gasteiger partial charge in [0.2, 0.25) is 0 Å². The molecule has 0 saturated carbocycles. The van der Waals surface area contributed by atoms with Crippen LogP contribution in [0.3, 0.4) is 0 Å². The molecule has 12 heavy (non-hydrogen) atoms. The summed E-state index contributed by atoms with van der Waals surface area (Å²) in [7, 11) is 0. The zero-order valence-corrected chi connectivity index (χ0v) is 7.79. The van der Waals surface area contributed by atoms with Gasteiger partial charge < -0.3 is 9.53 Å². The van der Waals surface area contributed by atoms with Gasteiger partial charge in [0.1, 0.15) is 6.29 Å². The third-order valence-corrected chi connectivity index (χ3v) is 2.46. The van der Waals surface area contributed by atoms with E-state index in [-0.39, 0.29) is 5.50 Å². The molecule has 0 spiro atoms. The number of hydrogen-bond donors (Lipinski definition) is 0. The maximum absolute atomic E-state index is 10.1. The van der Waals surface area contributed by atoms with Gasteiger partial charge in [-0.2, -0.15) is 0 Å². The Kier molecular flexibility index (Phi) is 4.58. The lowest BCUT2D eigenvalue weighted by Gasteiger charge is -2.30. The average molecular weight is 192 g/mol. The summed E-state index contributed by atoms with van der Waals surface area (Å²) in [5.74, 6) is 0. The Hall–Kier alpha value is -0.120. The molecule has 0 radical (unpaired) electrons. The van der Waals surface area contributed by atoms with Crippen molar-refractivity contribution in [2.24, 2.45) is 0 Å². The SMILES string of the molecule is O=CCCC(Cl)N1CCOCC1. The van der Waals surface area contributed by atoms with Crippen LogP contribution in [0.15, 0.2) is 0 Å². The number of alkyl halides is 1. The third kappa shape index (κ3) is 3.09. The molecule has 0 amide bonds. The molecule has 0 N–H and O–H groups in total. The molecule has 1 saturated heterocycles. The number of ether oxygens (including phenoxy) is 1.